The van der Waals surface area contributed by atoms with E-state index in [0.29, 0.717) is 0 Å². The predicted molar refractivity (Wildman–Crippen MR) is 35.5 cm³/mol. The van der Waals surface area contributed by atoms with Crippen molar-refractivity contribution in [3.8, 4) is 0 Å². The van der Waals surface area contributed by atoms with Gasteiger partial charge >= 0.3 is 6.18 Å². The Morgan fingerprint density at radius 2 is 1.58 bits per heavy atom. The third-order valence-corrected chi connectivity index (χ3v) is 1.43. The molecule has 0 aliphatic rings. The average Bonchev–Trinajstić information content (AvgIpc) is 1.81. The van der Waals surface area contributed by atoms with Gasteiger partial charge in [-0.25, -0.2) is 0 Å². The largest absolute Gasteiger partial charge is 0.443 e. The summed E-state index contributed by atoms with van der Waals surface area (Å²) in [5.74, 6) is -3.55. The molecule has 74 valence electrons. The fourth-order valence-corrected chi connectivity index (χ4v) is 0.566. The summed E-state index contributed by atoms with van der Waals surface area (Å²) in [6.07, 6.45) is -5.68. The van der Waals surface area contributed by atoms with Crippen LogP contribution in [0.25, 0.3) is 0 Å². The summed E-state index contributed by atoms with van der Waals surface area (Å²) in [6.45, 7) is 0.0481. The summed E-state index contributed by atoms with van der Waals surface area (Å²) >= 11 is 0. The minimum Gasteiger partial charge on any atom is -0.358 e. The quantitative estimate of drug-likeness (QED) is 0.485. The van der Waals surface area contributed by atoms with Gasteiger partial charge in [0.2, 0.25) is 0 Å². The number of hydrogen-bond acceptors (Lipinski definition) is 2. The fraction of sp³-hybridized carbons (Fsp3) is 1.00. The minimum atomic E-state index is -4.97. The van der Waals surface area contributed by atoms with E-state index in [1.807, 2.05) is 0 Å². The predicted octanol–water partition coefficient (Wildman–Crippen LogP) is -1.24. The SMILES string of the molecule is C[NH+](C)CCC(O)(O)C(F)(F)F. The highest BCUT2D eigenvalue weighted by Crippen LogP contribution is 2.29. The maximum atomic E-state index is 11.8. The smallest absolute Gasteiger partial charge is 0.358 e. The van der Waals surface area contributed by atoms with Gasteiger partial charge in [0.15, 0.2) is 0 Å². The number of quaternary nitrogens is 1. The molecule has 0 aromatic carbocycles. The number of nitrogens with one attached hydrogen (secondary N) is 1. The standard InChI is InChI=1S/C6H12F3NO2/c1-10(2)4-3-5(11,12)6(7,8)9/h11-12H,3-4H2,1-2H3/p+1. The lowest BCUT2D eigenvalue weighted by molar-refractivity contribution is -0.860. The van der Waals surface area contributed by atoms with Gasteiger partial charge in [0.05, 0.1) is 27.1 Å². The van der Waals surface area contributed by atoms with Gasteiger partial charge in [-0.1, -0.05) is 0 Å². The normalized spacial score (nSPS) is 14.0. The van der Waals surface area contributed by atoms with E-state index in [4.69, 9.17) is 10.2 Å². The van der Waals surface area contributed by atoms with E-state index in [2.05, 4.69) is 0 Å². The molecule has 3 nitrogen and oxygen atoms in total. The van der Waals surface area contributed by atoms with Crippen molar-refractivity contribution in [3.05, 3.63) is 0 Å². The molecule has 0 amide bonds. The van der Waals surface area contributed by atoms with E-state index in [9.17, 15) is 13.2 Å². The molecule has 0 saturated carbocycles. The van der Waals surface area contributed by atoms with Crippen LogP contribution < -0.4 is 4.90 Å². The van der Waals surface area contributed by atoms with Crippen LogP contribution in [0.1, 0.15) is 6.42 Å². The second-order valence-corrected chi connectivity index (χ2v) is 3.02. The van der Waals surface area contributed by atoms with Crippen molar-refractivity contribution in [1.29, 1.82) is 0 Å². The van der Waals surface area contributed by atoms with Gasteiger partial charge in [-0.2, -0.15) is 13.2 Å². The molecule has 0 aliphatic carbocycles. The lowest BCUT2D eigenvalue weighted by Crippen LogP contribution is -3.06. The molecule has 0 aromatic rings. The Bertz CT molecular complexity index is 144. The van der Waals surface area contributed by atoms with Crippen molar-refractivity contribution >= 4 is 0 Å². The molecular weight excluding hydrogens is 175 g/mol. The molecule has 3 N–H and O–H groups in total. The van der Waals surface area contributed by atoms with Gasteiger partial charge < -0.3 is 15.1 Å². The van der Waals surface area contributed by atoms with E-state index in [1.165, 1.54) is 0 Å². The molecule has 0 aromatic heterocycles. The average molecular weight is 188 g/mol. The first-order valence-corrected chi connectivity index (χ1v) is 3.47. The molecule has 12 heavy (non-hydrogen) atoms. The zero-order valence-corrected chi connectivity index (χ0v) is 6.94. The Labute approximate surface area is 68.4 Å². The van der Waals surface area contributed by atoms with Crippen molar-refractivity contribution < 1.29 is 28.3 Å². The van der Waals surface area contributed by atoms with E-state index < -0.39 is 18.4 Å². The van der Waals surface area contributed by atoms with Crippen LogP contribution in [0.15, 0.2) is 0 Å². The third kappa shape index (κ3) is 3.38. The van der Waals surface area contributed by atoms with Crippen LogP contribution in [-0.4, -0.2) is 42.8 Å². The molecule has 0 saturated heterocycles. The second-order valence-electron chi connectivity index (χ2n) is 3.02. The summed E-state index contributed by atoms with van der Waals surface area (Å²) in [4.78, 5) is 0.728. The molecule has 0 spiro atoms. The Balaban J connectivity index is 4.05. The van der Waals surface area contributed by atoms with Gasteiger partial charge in [0.25, 0.3) is 5.79 Å². The van der Waals surface area contributed by atoms with Crippen molar-refractivity contribution in [2.45, 2.75) is 18.4 Å². The van der Waals surface area contributed by atoms with Gasteiger partial charge in [-0.3, -0.25) is 0 Å². The molecule has 0 heterocycles. The lowest BCUT2D eigenvalue weighted by Gasteiger charge is -2.24. The number of hydrogen-bond donors (Lipinski definition) is 3. The van der Waals surface area contributed by atoms with Crippen LogP contribution in [0, 0.1) is 0 Å². The number of halogens is 3. The van der Waals surface area contributed by atoms with Crippen LogP contribution >= 0.6 is 0 Å². The van der Waals surface area contributed by atoms with Crippen LogP contribution in [0.2, 0.25) is 0 Å². The Morgan fingerprint density at radius 1 is 1.17 bits per heavy atom. The molecule has 0 unspecified atom stereocenters. The molecule has 6 heteroatoms. The Kier molecular flexibility index (Phi) is 3.49. The fourth-order valence-electron chi connectivity index (χ4n) is 0.566. The van der Waals surface area contributed by atoms with Crippen molar-refractivity contribution in [3.63, 3.8) is 0 Å². The first-order chi connectivity index (χ1) is 5.17. The van der Waals surface area contributed by atoms with Gasteiger partial charge in [0, 0.05) is 0 Å². The van der Waals surface area contributed by atoms with Crippen molar-refractivity contribution in [2.75, 3.05) is 20.6 Å². The van der Waals surface area contributed by atoms with Crippen molar-refractivity contribution in [1.82, 2.24) is 0 Å². The van der Waals surface area contributed by atoms with Gasteiger partial charge in [-0.05, 0) is 0 Å². The molecule has 0 atom stereocenters. The van der Waals surface area contributed by atoms with Gasteiger partial charge in [-0.15, -0.1) is 0 Å². The van der Waals surface area contributed by atoms with E-state index in [0.717, 1.165) is 4.90 Å². The number of rotatable bonds is 3. The van der Waals surface area contributed by atoms with Crippen LogP contribution in [-0.2, 0) is 0 Å². The molecule has 0 fully saturated rings. The van der Waals surface area contributed by atoms with E-state index in [-0.39, 0.29) is 6.54 Å². The highest BCUT2D eigenvalue weighted by molar-refractivity contribution is 4.72. The van der Waals surface area contributed by atoms with Gasteiger partial charge in [0.1, 0.15) is 0 Å². The Hall–Kier alpha value is -0.330. The summed E-state index contributed by atoms with van der Waals surface area (Å²) in [7, 11) is 3.26. The van der Waals surface area contributed by atoms with Crippen LogP contribution in [0.3, 0.4) is 0 Å². The van der Waals surface area contributed by atoms with E-state index >= 15 is 0 Å². The third-order valence-electron chi connectivity index (χ3n) is 1.43. The summed E-state index contributed by atoms with van der Waals surface area (Å²) in [6, 6.07) is 0. The first-order valence-electron chi connectivity index (χ1n) is 3.47. The second kappa shape index (κ2) is 3.59. The Morgan fingerprint density at radius 3 is 1.83 bits per heavy atom. The lowest BCUT2D eigenvalue weighted by atomic mass is 10.2. The number of alkyl halides is 3. The highest BCUT2D eigenvalue weighted by atomic mass is 19.4. The minimum absolute atomic E-state index is 0.0481. The summed E-state index contributed by atoms with van der Waals surface area (Å²) < 4.78 is 35.3. The van der Waals surface area contributed by atoms with Crippen LogP contribution in [0.4, 0.5) is 13.2 Å². The highest BCUT2D eigenvalue weighted by Gasteiger charge is 2.52. The topological polar surface area (TPSA) is 44.9 Å². The number of aliphatic hydroxyl groups is 2. The maximum Gasteiger partial charge on any atom is 0.443 e. The molecule has 0 bridgehead atoms. The summed E-state index contributed by atoms with van der Waals surface area (Å²) in [5.41, 5.74) is 0. The maximum absolute atomic E-state index is 11.8. The summed E-state index contributed by atoms with van der Waals surface area (Å²) in [5, 5.41) is 17.0. The molecular formula is C6H13F3NO2+. The van der Waals surface area contributed by atoms with Crippen molar-refractivity contribution in [2.24, 2.45) is 0 Å². The zero-order chi connectivity index (χ0) is 9.99. The molecule has 0 rings (SSSR count). The molecule has 0 aliphatic heterocycles. The van der Waals surface area contributed by atoms with E-state index in [1.54, 1.807) is 14.1 Å². The zero-order valence-electron chi connectivity index (χ0n) is 6.94. The molecule has 0 radical (unpaired) electrons. The first kappa shape index (κ1) is 11.7. The van der Waals surface area contributed by atoms with Crippen LogP contribution in [0.5, 0.6) is 0 Å². The monoisotopic (exact) mass is 188 g/mol.